The number of halogens is 3. The molecule has 2 aromatic heterocycles. The molecule has 0 bridgehead atoms. The molecule has 2 unspecified atom stereocenters. The molecular formula is C22H21F3N6O2. The van der Waals surface area contributed by atoms with Crippen molar-refractivity contribution in [3.63, 3.8) is 0 Å². The van der Waals surface area contributed by atoms with Gasteiger partial charge in [0.1, 0.15) is 11.0 Å². The Kier molecular flexibility index (Phi) is 5.26. The van der Waals surface area contributed by atoms with Crippen molar-refractivity contribution >= 4 is 22.8 Å². The van der Waals surface area contributed by atoms with Gasteiger partial charge >= 0.3 is 6.18 Å². The molecule has 11 heteroatoms. The largest absolute Gasteiger partial charge is 0.417 e. The number of pyridine rings is 1. The van der Waals surface area contributed by atoms with E-state index in [0.717, 1.165) is 12.3 Å². The van der Waals surface area contributed by atoms with E-state index in [1.807, 2.05) is 4.90 Å². The van der Waals surface area contributed by atoms with Crippen molar-refractivity contribution in [3.05, 3.63) is 53.3 Å². The van der Waals surface area contributed by atoms with Crippen LogP contribution in [0.2, 0.25) is 0 Å². The Morgan fingerprint density at radius 2 is 1.67 bits per heavy atom. The SMILES string of the molecule is O=C(CCc1ccc(C(F)(F)F)cn1)N1CC2CN(C(=O)c3ccc4n[nH]nc4c3)CC2C1. The molecule has 0 aliphatic carbocycles. The van der Waals surface area contributed by atoms with Gasteiger partial charge < -0.3 is 9.80 Å². The summed E-state index contributed by atoms with van der Waals surface area (Å²) in [6, 6.07) is 7.52. The van der Waals surface area contributed by atoms with E-state index < -0.39 is 11.7 Å². The minimum atomic E-state index is -4.42. The van der Waals surface area contributed by atoms with Crippen molar-refractivity contribution < 1.29 is 22.8 Å². The summed E-state index contributed by atoms with van der Waals surface area (Å²) in [6.45, 7) is 2.33. The van der Waals surface area contributed by atoms with E-state index in [-0.39, 0.29) is 36.5 Å². The van der Waals surface area contributed by atoms with Gasteiger partial charge in [-0.25, -0.2) is 0 Å². The van der Waals surface area contributed by atoms with E-state index in [1.54, 1.807) is 23.1 Å². The summed E-state index contributed by atoms with van der Waals surface area (Å²) in [5, 5.41) is 10.6. The molecule has 4 heterocycles. The maximum atomic E-state index is 12.9. The highest BCUT2D eigenvalue weighted by molar-refractivity contribution is 5.97. The Morgan fingerprint density at radius 3 is 2.33 bits per heavy atom. The van der Waals surface area contributed by atoms with Gasteiger partial charge in [0.05, 0.1) is 5.56 Å². The second kappa shape index (κ2) is 8.13. The maximum Gasteiger partial charge on any atom is 0.417 e. The maximum absolute atomic E-state index is 12.9. The molecule has 2 amide bonds. The van der Waals surface area contributed by atoms with Gasteiger partial charge in [0.25, 0.3) is 5.91 Å². The van der Waals surface area contributed by atoms with Gasteiger partial charge in [-0.05, 0) is 36.8 Å². The molecule has 8 nitrogen and oxygen atoms in total. The van der Waals surface area contributed by atoms with E-state index in [9.17, 15) is 22.8 Å². The first-order valence-electron chi connectivity index (χ1n) is 10.7. The highest BCUT2D eigenvalue weighted by Gasteiger charge is 2.43. The predicted octanol–water partition coefficient (Wildman–Crippen LogP) is 2.53. The van der Waals surface area contributed by atoms with Crippen LogP contribution in [0.1, 0.15) is 28.0 Å². The van der Waals surface area contributed by atoms with Crippen LogP contribution in [0.3, 0.4) is 0 Å². The third kappa shape index (κ3) is 4.27. The molecule has 3 aromatic rings. The first-order chi connectivity index (χ1) is 15.8. The lowest BCUT2D eigenvalue weighted by Gasteiger charge is -2.22. The molecule has 2 fully saturated rings. The van der Waals surface area contributed by atoms with Gasteiger partial charge in [0, 0.05) is 61.9 Å². The van der Waals surface area contributed by atoms with Crippen molar-refractivity contribution in [2.24, 2.45) is 11.8 Å². The van der Waals surface area contributed by atoms with Crippen molar-refractivity contribution in [3.8, 4) is 0 Å². The van der Waals surface area contributed by atoms with Crippen molar-refractivity contribution in [1.82, 2.24) is 30.2 Å². The summed E-state index contributed by atoms with van der Waals surface area (Å²) >= 11 is 0. The fraction of sp³-hybridized carbons (Fsp3) is 0.409. The number of nitrogens with zero attached hydrogens (tertiary/aromatic N) is 5. The summed E-state index contributed by atoms with van der Waals surface area (Å²) in [6.07, 6.45) is -3.14. The smallest absolute Gasteiger partial charge is 0.342 e. The molecule has 2 atom stereocenters. The number of H-pyrrole nitrogens is 1. The fourth-order valence-electron chi connectivity index (χ4n) is 4.65. The number of aromatic amines is 1. The molecule has 33 heavy (non-hydrogen) atoms. The van der Waals surface area contributed by atoms with Gasteiger partial charge in [-0.15, -0.1) is 0 Å². The Labute approximate surface area is 186 Å². The van der Waals surface area contributed by atoms with Crippen molar-refractivity contribution in [1.29, 1.82) is 0 Å². The van der Waals surface area contributed by atoms with Crippen molar-refractivity contribution in [2.75, 3.05) is 26.2 Å². The van der Waals surface area contributed by atoms with E-state index in [4.69, 9.17) is 0 Å². The predicted molar refractivity (Wildman–Crippen MR) is 111 cm³/mol. The van der Waals surface area contributed by atoms with Crippen LogP contribution in [0.5, 0.6) is 0 Å². The van der Waals surface area contributed by atoms with Crippen LogP contribution in [0.4, 0.5) is 13.2 Å². The molecule has 2 saturated heterocycles. The minimum Gasteiger partial charge on any atom is -0.342 e. The number of aromatic nitrogens is 4. The number of carbonyl (C=O) groups is 2. The van der Waals surface area contributed by atoms with E-state index in [1.165, 1.54) is 6.07 Å². The van der Waals surface area contributed by atoms with Gasteiger partial charge in [-0.2, -0.15) is 28.6 Å². The lowest BCUT2D eigenvalue weighted by atomic mass is 10.0. The molecule has 0 radical (unpaired) electrons. The molecule has 2 aliphatic heterocycles. The number of aryl methyl sites for hydroxylation is 1. The third-order valence-electron chi connectivity index (χ3n) is 6.44. The van der Waals surface area contributed by atoms with Crippen LogP contribution >= 0.6 is 0 Å². The summed E-state index contributed by atoms with van der Waals surface area (Å²) in [5.74, 6) is 0.344. The Bertz CT molecular complexity index is 1180. The van der Waals surface area contributed by atoms with E-state index in [2.05, 4.69) is 20.4 Å². The van der Waals surface area contributed by atoms with Crippen LogP contribution in [0, 0.1) is 11.8 Å². The molecule has 172 valence electrons. The highest BCUT2D eigenvalue weighted by atomic mass is 19.4. The molecule has 1 N–H and O–H groups in total. The second-order valence-corrected chi connectivity index (χ2v) is 8.59. The minimum absolute atomic E-state index is 0.0412. The second-order valence-electron chi connectivity index (χ2n) is 8.59. The zero-order chi connectivity index (χ0) is 23.2. The molecule has 5 rings (SSSR count). The number of alkyl halides is 3. The number of likely N-dealkylation sites (tertiary alicyclic amines) is 2. The number of amides is 2. The summed E-state index contributed by atoms with van der Waals surface area (Å²) in [4.78, 5) is 33.0. The average Bonchev–Trinajstić information content (AvgIpc) is 3.50. The highest BCUT2D eigenvalue weighted by Crippen LogP contribution is 2.33. The van der Waals surface area contributed by atoms with Crippen molar-refractivity contribution in [2.45, 2.75) is 19.0 Å². The fourth-order valence-corrected chi connectivity index (χ4v) is 4.65. The zero-order valence-corrected chi connectivity index (χ0v) is 17.5. The first kappa shape index (κ1) is 21.4. The monoisotopic (exact) mass is 458 g/mol. The number of rotatable bonds is 4. The summed E-state index contributed by atoms with van der Waals surface area (Å²) in [7, 11) is 0. The van der Waals surface area contributed by atoms with Gasteiger partial charge in [0.15, 0.2) is 0 Å². The average molecular weight is 458 g/mol. The van der Waals surface area contributed by atoms with Gasteiger partial charge in [0.2, 0.25) is 5.91 Å². The number of benzene rings is 1. The lowest BCUT2D eigenvalue weighted by molar-refractivity contribution is -0.138. The topological polar surface area (TPSA) is 95.1 Å². The number of hydrogen-bond donors (Lipinski definition) is 1. The Balaban J connectivity index is 1.13. The normalized spacial score (nSPS) is 20.5. The first-order valence-corrected chi connectivity index (χ1v) is 10.7. The van der Waals surface area contributed by atoms with Crippen LogP contribution in [0.25, 0.3) is 11.0 Å². The summed E-state index contributed by atoms with van der Waals surface area (Å²) < 4.78 is 37.9. The van der Waals surface area contributed by atoms with E-state index in [0.29, 0.717) is 48.5 Å². The quantitative estimate of drug-likeness (QED) is 0.649. The third-order valence-corrected chi connectivity index (χ3v) is 6.44. The number of carbonyl (C=O) groups excluding carboxylic acids is 2. The molecule has 2 aliphatic rings. The molecule has 1 aromatic carbocycles. The van der Waals surface area contributed by atoms with Crippen LogP contribution in [-0.4, -0.2) is 68.2 Å². The Hall–Kier alpha value is -3.50. The Morgan fingerprint density at radius 1 is 0.970 bits per heavy atom. The van der Waals surface area contributed by atoms with Crippen LogP contribution < -0.4 is 0 Å². The number of fused-ring (bicyclic) bond motifs is 2. The summed E-state index contributed by atoms with van der Waals surface area (Å²) in [5.41, 5.74) is 1.56. The van der Waals surface area contributed by atoms with Crippen LogP contribution in [0.15, 0.2) is 36.5 Å². The van der Waals surface area contributed by atoms with Gasteiger partial charge in [-0.3, -0.25) is 14.6 Å². The number of nitrogens with one attached hydrogen (secondary N) is 1. The molecular weight excluding hydrogens is 437 g/mol. The number of hydrogen-bond acceptors (Lipinski definition) is 5. The molecule has 0 spiro atoms. The van der Waals surface area contributed by atoms with E-state index >= 15 is 0 Å². The van der Waals surface area contributed by atoms with Crippen LogP contribution in [-0.2, 0) is 17.4 Å². The zero-order valence-electron chi connectivity index (χ0n) is 17.5. The lowest BCUT2D eigenvalue weighted by Crippen LogP contribution is -2.35. The standard InChI is InChI=1S/C22H21F3N6O2/c23-22(24,25)16-2-3-17(26-8-16)4-6-20(32)30-9-14-11-31(12-15(14)10-30)21(33)13-1-5-18-19(7-13)28-29-27-18/h1-3,5,7-8,14-15H,4,6,9-12H2,(H,27,28,29). The van der Waals surface area contributed by atoms with Gasteiger partial charge in [-0.1, -0.05) is 0 Å². The molecule has 0 saturated carbocycles.